The van der Waals surface area contributed by atoms with E-state index < -0.39 is 18.7 Å². The van der Waals surface area contributed by atoms with E-state index in [1.54, 1.807) is 23.1 Å². The van der Waals surface area contributed by atoms with Crippen LogP contribution in [0.3, 0.4) is 0 Å². The Hall–Kier alpha value is -2.28. The standard InChI is InChI=1S/C21H18Cl3NO5/c1-11(30-20(27)10-29-19-9-16(23)15(22)8-17(19)24)21(28)14-3-4-18-13(7-14)5-6-25(18)12(2)26/h3-4,7-9,11H,5-6,10H2,1-2H3. The molecule has 0 radical (unpaired) electrons. The van der Waals surface area contributed by atoms with Crippen molar-refractivity contribution >= 4 is 58.1 Å². The van der Waals surface area contributed by atoms with Gasteiger partial charge in [0.2, 0.25) is 11.7 Å². The van der Waals surface area contributed by atoms with E-state index in [1.807, 2.05) is 0 Å². The van der Waals surface area contributed by atoms with Crippen LogP contribution < -0.4 is 9.64 Å². The molecule has 0 fully saturated rings. The van der Waals surface area contributed by atoms with Crippen LogP contribution in [-0.2, 0) is 20.7 Å². The Morgan fingerprint density at radius 1 is 1.07 bits per heavy atom. The highest BCUT2D eigenvalue weighted by Crippen LogP contribution is 2.34. The fourth-order valence-electron chi connectivity index (χ4n) is 3.15. The lowest BCUT2D eigenvalue weighted by atomic mass is 10.0. The molecule has 1 aliphatic rings. The van der Waals surface area contributed by atoms with E-state index in [4.69, 9.17) is 44.3 Å². The molecule has 3 rings (SSSR count). The maximum Gasteiger partial charge on any atom is 0.344 e. The fourth-order valence-corrected chi connectivity index (χ4v) is 3.74. The molecule has 0 aromatic heterocycles. The maximum atomic E-state index is 12.7. The SMILES string of the molecule is CC(=O)N1CCc2cc(C(=O)C(C)OC(=O)COc3cc(Cl)c(Cl)cc3Cl)ccc21. The van der Waals surface area contributed by atoms with Crippen molar-refractivity contribution < 1.29 is 23.9 Å². The van der Waals surface area contributed by atoms with Crippen LogP contribution in [0.4, 0.5) is 5.69 Å². The average molecular weight is 471 g/mol. The number of amides is 1. The molecule has 0 aliphatic carbocycles. The summed E-state index contributed by atoms with van der Waals surface area (Å²) in [5.41, 5.74) is 2.12. The van der Waals surface area contributed by atoms with Crippen molar-refractivity contribution in [2.75, 3.05) is 18.1 Å². The van der Waals surface area contributed by atoms with Crippen LogP contribution in [0.15, 0.2) is 30.3 Å². The van der Waals surface area contributed by atoms with Gasteiger partial charge in [-0.1, -0.05) is 34.8 Å². The van der Waals surface area contributed by atoms with Gasteiger partial charge in [-0.15, -0.1) is 0 Å². The van der Waals surface area contributed by atoms with Crippen LogP contribution in [-0.4, -0.2) is 36.9 Å². The monoisotopic (exact) mass is 469 g/mol. The Bertz CT molecular complexity index is 1020. The van der Waals surface area contributed by atoms with Crippen molar-refractivity contribution in [3.8, 4) is 5.75 Å². The zero-order valence-corrected chi connectivity index (χ0v) is 18.5. The second-order valence-electron chi connectivity index (χ2n) is 6.75. The predicted molar refractivity (Wildman–Crippen MR) is 115 cm³/mol. The number of ketones is 1. The number of ether oxygens (including phenoxy) is 2. The molecule has 1 unspecified atom stereocenters. The normalized spacial score (nSPS) is 13.6. The van der Waals surface area contributed by atoms with E-state index in [1.165, 1.54) is 26.0 Å². The van der Waals surface area contributed by atoms with E-state index >= 15 is 0 Å². The summed E-state index contributed by atoms with van der Waals surface area (Å²) in [5.74, 6) is -0.949. The summed E-state index contributed by atoms with van der Waals surface area (Å²) in [6.07, 6.45) is -0.337. The third-order valence-corrected chi connectivity index (χ3v) is 5.65. The number of halogens is 3. The number of hydrogen-bond acceptors (Lipinski definition) is 5. The van der Waals surface area contributed by atoms with Crippen LogP contribution >= 0.6 is 34.8 Å². The molecule has 1 atom stereocenters. The van der Waals surface area contributed by atoms with Crippen molar-refractivity contribution in [3.05, 3.63) is 56.5 Å². The minimum Gasteiger partial charge on any atom is -0.480 e. The highest BCUT2D eigenvalue weighted by atomic mass is 35.5. The Labute approximate surface area is 188 Å². The molecule has 0 saturated carbocycles. The van der Waals surface area contributed by atoms with Gasteiger partial charge >= 0.3 is 5.97 Å². The van der Waals surface area contributed by atoms with Crippen molar-refractivity contribution in [2.24, 2.45) is 0 Å². The van der Waals surface area contributed by atoms with Gasteiger partial charge in [0.15, 0.2) is 12.7 Å². The summed E-state index contributed by atoms with van der Waals surface area (Å²) in [6.45, 7) is 3.12. The molecule has 0 spiro atoms. The number of nitrogens with zero attached hydrogens (tertiary/aromatic N) is 1. The van der Waals surface area contributed by atoms with E-state index in [0.717, 1.165) is 11.3 Å². The van der Waals surface area contributed by atoms with E-state index in [2.05, 4.69) is 0 Å². The molecule has 1 amide bonds. The molecular weight excluding hydrogens is 453 g/mol. The minimum absolute atomic E-state index is 0.0443. The number of carbonyl (C=O) groups is 3. The fraction of sp³-hybridized carbons (Fsp3) is 0.286. The number of esters is 1. The summed E-state index contributed by atoms with van der Waals surface area (Å²) in [6, 6.07) is 7.89. The van der Waals surface area contributed by atoms with Crippen LogP contribution in [0.5, 0.6) is 5.75 Å². The molecule has 2 aromatic rings. The molecule has 6 nitrogen and oxygen atoms in total. The number of carbonyl (C=O) groups excluding carboxylic acids is 3. The number of fused-ring (bicyclic) bond motifs is 1. The van der Waals surface area contributed by atoms with Gasteiger partial charge in [-0.05, 0) is 43.2 Å². The topological polar surface area (TPSA) is 72.9 Å². The third kappa shape index (κ3) is 4.89. The Morgan fingerprint density at radius 3 is 2.47 bits per heavy atom. The molecule has 2 aromatic carbocycles. The number of Topliss-reactive ketones (excluding diaryl/α,β-unsaturated/α-hetero) is 1. The summed E-state index contributed by atoms with van der Waals surface area (Å²) in [4.78, 5) is 38.0. The van der Waals surface area contributed by atoms with Gasteiger partial charge in [0, 0.05) is 30.8 Å². The lowest BCUT2D eigenvalue weighted by molar-refractivity contribution is -0.148. The molecule has 158 valence electrons. The van der Waals surface area contributed by atoms with Crippen LogP contribution in [0.1, 0.15) is 29.8 Å². The number of benzene rings is 2. The van der Waals surface area contributed by atoms with Gasteiger partial charge in [0.25, 0.3) is 0 Å². The average Bonchev–Trinajstić information content (AvgIpc) is 3.12. The number of hydrogen-bond donors (Lipinski definition) is 0. The minimum atomic E-state index is -1.01. The van der Waals surface area contributed by atoms with Crippen molar-refractivity contribution in [1.82, 2.24) is 0 Å². The Morgan fingerprint density at radius 2 is 1.77 bits per heavy atom. The smallest absolute Gasteiger partial charge is 0.344 e. The summed E-state index contributed by atoms with van der Waals surface area (Å²) in [7, 11) is 0. The molecule has 0 saturated heterocycles. The van der Waals surface area contributed by atoms with Crippen LogP contribution in [0.2, 0.25) is 15.1 Å². The van der Waals surface area contributed by atoms with Crippen molar-refractivity contribution in [3.63, 3.8) is 0 Å². The van der Waals surface area contributed by atoms with Gasteiger partial charge in [-0.25, -0.2) is 4.79 Å². The molecule has 1 heterocycles. The number of anilines is 1. The van der Waals surface area contributed by atoms with Crippen LogP contribution in [0.25, 0.3) is 0 Å². The van der Waals surface area contributed by atoms with Crippen LogP contribution in [0, 0.1) is 0 Å². The zero-order chi connectivity index (χ0) is 22.0. The van der Waals surface area contributed by atoms with Crippen molar-refractivity contribution in [2.45, 2.75) is 26.4 Å². The molecule has 30 heavy (non-hydrogen) atoms. The van der Waals surface area contributed by atoms with Gasteiger partial charge in [-0.2, -0.15) is 0 Å². The second kappa shape index (κ2) is 9.25. The Kier molecular flexibility index (Phi) is 6.91. The molecule has 1 aliphatic heterocycles. The third-order valence-electron chi connectivity index (χ3n) is 4.64. The Balaban J connectivity index is 1.60. The van der Waals surface area contributed by atoms with E-state index in [0.29, 0.717) is 18.5 Å². The summed E-state index contributed by atoms with van der Waals surface area (Å²) in [5, 5.41) is 0.684. The van der Waals surface area contributed by atoms with Gasteiger partial charge in [-0.3, -0.25) is 9.59 Å². The second-order valence-corrected chi connectivity index (χ2v) is 7.97. The maximum absolute atomic E-state index is 12.7. The van der Waals surface area contributed by atoms with Gasteiger partial charge in [0.05, 0.1) is 15.1 Å². The predicted octanol–water partition coefficient (Wildman–Crippen LogP) is 4.75. The van der Waals surface area contributed by atoms with E-state index in [-0.39, 0.29) is 32.5 Å². The van der Waals surface area contributed by atoms with Gasteiger partial charge in [0.1, 0.15) is 5.75 Å². The van der Waals surface area contributed by atoms with E-state index in [9.17, 15) is 14.4 Å². The zero-order valence-electron chi connectivity index (χ0n) is 16.2. The summed E-state index contributed by atoms with van der Waals surface area (Å²) < 4.78 is 10.5. The lowest BCUT2D eigenvalue weighted by Gasteiger charge is -2.16. The quantitative estimate of drug-likeness (QED) is 0.346. The first kappa shape index (κ1) is 22.4. The highest BCUT2D eigenvalue weighted by Gasteiger charge is 2.25. The largest absolute Gasteiger partial charge is 0.480 e. The molecule has 0 N–H and O–H groups in total. The van der Waals surface area contributed by atoms with Crippen molar-refractivity contribution in [1.29, 1.82) is 0 Å². The lowest BCUT2D eigenvalue weighted by Crippen LogP contribution is -2.27. The molecule has 0 bridgehead atoms. The highest BCUT2D eigenvalue weighted by molar-refractivity contribution is 6.43. The first-order valence-corrected chi connectivity index (χ1v) is 10.2. The first-order valence-electron chi connectivity index (χ1n) is 9.09. The summed E-state index contributed by atoms with van der Waals surface area (Å²) >= 11 is 17.8. The van der Waals surface area contributed by atoms with Gasteiger partial charge < -0.3 is 14.4 Å². The first-order chi connectivity index (χ1) is 14.2. The molecular formula is C21H18Cl3NO5. The molecule has 9 heteroatoms. The number of rotatable bonds is 6.